The summed E-state index contributed by atoms with van der Waals surface area (Å²) >= 11 is 0. The largest absolute Gasteiger partial charge is 0.310 e. The summed E-state index contributed by atoms with van der Waals surface area (Å²) in [5.74, 6) is 0.979. The Bertz CT molecular complexity index is 391. The molecule has 0 saturated heterocycles. The van der Waals surface area contributed by atoms with Crippen molar-refractivity contribution in [3.63, 3.8) is 0 Å². The van der Waals surface area contributed by atoms with E-state index in [0.717, 1.165) is 5.92 Å². The molecule has 1 aliphatic rings. The number of hydrogen-bond donors (Lipinski definition) is 1. The van der Waals surface area contributed by atoms with E-state index in [-0.39, 0.29) is 0 Å². The molecule has 1 nitrogen and oxygen atoms in total. The molecular weight excluding hydrogens is 230 g/mol. The first-order chi connectivity index (χ1) is 9.16. The maximum Gasteiger partial charge on any atom is 0.0294 e. The van der Waals surface area contributed by atoms with Crippen LogP contribution in [-0.2, 0) is 0 Å². The Hall–Kier alpha value is -0.820. The Morgan fingerprint density at radius 1 is 1.16 bits per heavy atom. The van der Waals surface area contributed by atoms with Gasteiger partial charge in [-0.2, -0.15) is 0 Å². The van der Waals surface area contributed by atoms with Crippen molar-refractivity contribution in [1.82, 2.24) is 5.32 Å². The minimum absolute atomic E-state index is 0.476. The summed E-state index contributed by atoms with van der Waals surface area (Å²) in [7, 11) is 0. The second-order valence-electron chi connectivity index (χ2n) is 6.33. The van der Waals surface area contributed by atoms with E-state index >= 15 is 0 Å². The van der Waals surface area contributed by atoms with Crippen molar-refractivity contribution < 1.29 is 0 Å². The zero-order valence-electron chi connectivity index (χ0n) is 12.8. The monoisotopic (exact) mass is 259 g/mol. The van der Waals surface area contributed by atoms with Crippen molar-refractivity contribution in [3.05, 3.63) is 34.9 Å². The van der Waals surface area contributed by atoms with Gasteiger partial charge in [-0.05, 0) is 50.8 Å². The maximum atomic E-state index is 3.71. The van der Waals surface area contributed by atoms with Gasteiger partial charge in [0.25, 0.3) is 0 Å². The number of nitrogens with one attached hydrogen (secondary N) is 1. The summed E-state index contributed by atoms with van der Waals surface area (Å²) < 4.78 is 0. The average molecular weight is 259 g/mol. The van der Waals surface area contributed by atoms with Crippen molar-refractivity contribution in [2.45, 2.75) is 65.3 Å². The molecule has 1 heteroatoms. The topological polar surface area (TPSA) is 12.0 Å². The Morgan fingerprint density at radius 2 is 1.89 bits per heavy atom. The van der Waals surface area contributed by atoms with Crippen LogP contribution < -0.4 is 5.32 Å². The Labute approximate surface area is 118 Å². The smallest absolute Gasteiger partial charge is 0.0294 e. The van der Waals surface area contributed by atoms with Gasteiger partial charge >= 0.3 is 0 Å². The molecule has 1 saturated carbocycles. The first-order valence-corrected chi connectivity index (χ1v) is 7.97. The maximum absolute atomic E-state index is 3.71. The number of hydrogen-bond acceptors (Lipinski definition) is 1. The molecule has 1 fully saturated rings. The third-order valence-corrected chi connectivity index (χ3v) is 4.62. The first kappa shape index (κ1) is 14.6. The molecule has 0 heterocycles. The van der Waals surface area contributed by atoms with Crippen LogP contribution in [0.2, 0.25) is 0 Å². The van der Waals surface area contributed by atoms with Crippen molar-refractivity contribution in [1.29, 1.82) is 0 Å². The molecule has 0 spiro atoms. The minimum Gasteiger partial charge on any atom is -0.310 e. The van der Waals surface area contributed by atoms with E-state index in [1.165, 1.54) is 61.8 Å². The van der Waals surface area contributed by atoms with Crippen molar-refractivity contribution in [2.75, 3.05) is 6.54 Å². The SMILES string of the molecule is Cc1ccc(C(C)NCCC2CCCCC2)c(C)c1. The molecule has 1 atom stereocenters. The van der Waals surface area contributed by atoms with Gasteiger partial charge in [-0.1, -0.05) is 55.9 Å². The summed E-state index contributed by atoms with van der Waals surface area (Å²) in [5.41, 5.74) is 4.22. The number of aryl methyl sites for hydroxylation is 2. The van der Waals surface area contributed by atoms with Gasteiger partial charge in [-0.3, -0.25) is 0 Å². The second-order valence-corrected chi connectivity index (χ2v) is 6.33. The van der Waals surface area contributed by atoms with Crippen LogP contribution in [0.5, 0.6) is 0 Å². The zero-order valence-corrected chi connectivity index (χ0v) is 12.8. The lowest BCUT2D eigenvalue weighted by Crippen LogP contribution is -2.23. The van der Waals surface area contributed by atoms with Crippen LogP contribution in [0.25, 0.3) is 0 Å². The zero-order chi connectivity index (χ0) is 13.7. The predicted molar refractivity (Wildman–Crippen MR) is 83.5 cm³/mol. The fourth-order valence-corrected chi connectivity index (χ4v) is 3.40. The van der Waals surface area contributed by atoms with Gasteiger partial charge in [-0.25, -0.2) is 0 Å². The highest BCUT2D eigenvalue weighted by atomic mass is 14.9. The van der Waals surface area contributed by atoms with Crippen molar-refractivity contribution >= 4 is 0 Å². The van der Waals surface area contributed by atoms with E-state index in [1.54, 1.807) is 0 Å². The highest BCUT2D eigenvalue weighted by Gasteiger charge is 2.14. The third-order valence-electron chi connectivity index (χ3n) is 4.62. The molecule has 19 heavy (non-hydrogen) atoms. The first-order valence-electron chi connectivity index (χ1n) is 7.97. The lowest BCUT2D eigenvalue weighted by Gasteiger charge is -2.23. The highest BCUT2D eigenvalue weighted by Crippen LogP contribution is 2.26. The van der Waals surface area contributed by atoms with E-state index in [1.807, 2.05) is 0 Å². The molecule has 1 unspecified atom stereocenters. The van der Waals surface area contributed by atoms with Crippen LogP contribution >= 0.6 is 0 Å². The van der Waals surface area contributed by atoms with Gasteiger partial charge in [0.15, 0.2) is 0 Å². The molecule has 1 N–H and O–H groups in total. The van der Waals surface area contributed by atoms with Crippen LogP contribution in [0, 0.1) is 19.8 Å². The van der Waals surface area contributed by atoms with Gasteiger partial charge in [0.1, 0.15) is 0 Å². The number of rotatable bonds is 5. The molecule has 0 amide bonds. The van der Waals surface area contributed by atoms with E-state index in [0.29, 0.717) is 6.04 Å². The normalized spacial score (nSPS) is 18.5. The van der Waals surface area contributed by atoms with Crippen LogP contribution in [-0.4, -0.2) is 6.54 Å². The van der Waals surface area contributed by atoms with E-state index < -0.39 is 0 Å². The fraction of sp³-hybridized carbons (Fsp3) is 0.667. The van der Waals surface area contributed by atoms with Gasteiger partial charge in [0.05, 0.1) is 0 Å². The Morgan fingerprint density at radius 3 is 2.58 bits per heavy atom. The fourth-order valence-electron chi connectivity index (χ4n) is 3.40. The van der Waals surface area contributed by atoms with Gasteiger partial charge in [0.2, 0.25) is 0 Å². The minimum atomic E-state index is 0.476. The molecule has 2 rings (SSSR count). The van der Waals surface area contributed by atoms with Crippen LogP contribution in [0.4, 0.5) is 0 Å². The Kier molecular flexibility index (Phi) is 5.45. The molecule has 1 aliphatic carbocycles. The van der Waals surface area contributed by atoms with Crippen LogP contribution in [0.15, 0.2) is 18.2 Å². The van der Waals surface area contributed by atoms with E-state index in [9.17, 15) is 0 Å². The Balaban J connectivity index is 1.78. The molecule has 0 aromatic heterocycles. The molecule has 0 bridgehead atoms. The second kappa shape index (κ2) is 7.09. The van der Waals surface area contributed by atoms with Crippen LogP contribution in [0.1, 0.15) is 68.2 Å². The molecule has 1 aromatic carbocycles. The van der Waals surface area contributed by atoms with Crippen molar-refractivity contribution in [3.8, 4) is 0 Å². The highest BCUT2D eigenvalue weighted by molar-refractivity contribution is 5.32. The standard InChI is InChI=1S/C18H29N/c1-14-9-10-18(15(2)13-14)16(3)19-12-11-17-7-5-4-6-8-17/h9-10,13,16-17,19H,4-8,11-12H2,1-3H3. The summed E-state index contributed by atoms with van der Waals surface area (Å²) in [5, 5.41) is 3.71. The van der Waals surface area contributed by atoms with E-state index in [2.05, 4.69) is 44.3 Å². The molecule has 106 valence electrons. The van der Waals surface area contributed by atoms with Crippen LogP contribution in [0.3, 0.4) is 0 Å². The summed E-state index contributed by atoms with van der Waals surface area (Å²) in [6, 6.07) is 7.27. The number of benzene rings is 1. The molecule has 0 radical (unpaired) electrons. The van der Waals surface area contributed by atoms with Gasteiger partial charge < -0.3 is 5.32 Å². The molecule has 0 aliphatic heterocycles. The summed E-state index contributed by atoms with van der Waals surface area (Å²) in [6.45, 7) is 7.84. The van der Waals surface area contributed by atoms with Gasteiger partial charge in [-0.15, -0.1) is 0 Å². The lowest BCUT2D eigenvalue weighted by atomic mass is 9.87. The van der Waals surface area contributed by atoms with Gasteiger partial charge in [0, 0.05) is 6.04 Å². The average Bonchev–Trinajstić information content (AvgIpc) is 2.39. The quantitative estimate of drug-likeness (QED) is 0.791. The van der Waals surface area contributed by atoms with E-state index in [4.69, 9.17) is 0 Å². The predicted octanol–water partition coefficient (Wildman–Crippen LogP) is 4.92. The molecule has 1 aromatic rings. The molecular formula is C18H29N. The van der Waals surface area contributed by atoms with Crippen molar-refractivity contribution in [2.24, 2.45) is 5.92 Å². The lowest BCUT2D eigenvalue weighted by molar-refractivity contribution is 0.329. The third kappa shape index (κ3) is 4.35. The summed E-state index contributed by atoms with van der Waals surface area (Å²) in [6.07, 6.45) is 8.64. The summed E-state index contributed by atoms with van der Waals surface area (Å²) in [4.78, 5) is 0.